The highest BCUT2D eigenvalue weighted by molar-refractivity contribution is 6.23. The number of fused-ring (bicyclic) bond motifs is 14. The van der Waals surface area contributed by atoms with Gasteiger partial charge in [0.2, 0.25) is 0 Å². The van der Waals surface area contributed by atoms with Crippen molar-refractivity contribution in [2.75, 3.05) is 45.5 Å². The Kier molecular flexibility index (Phi) is 16.7. The first-order chi connectivity index (χ1) is 28.8. The molecular weight excluding hydrogens is 796 g/mol. The van der Waals surface area contributed by atoms with Crippen LogP contribution in [0.2, 0.25) is 0 Å². The van der Waals surface area contributed by atoms with Gasteiger partial charge in [-0.25, -0.2) is 0 Å². The molecular formula is C44H60N2O15. The lowest BCUT2D eigenvalue weighted by Gasteiger charge is -2.38. The molecule has 2 aromatic carbocycles. The van der Waals surface area contributed by atoms with Crippen molar-refractivity contribution in [1.29, 1.82) is 0 Å². The van der Waals surface area contributed by atoms with Crippen LogP contribution in [0, 0.1) is 30.6 Å². The zero-order chi connectivity index (χ0) is 45.3. The van der Waals surface area contributed by atoms with Crippen LogP contribution >= 0.6 is 0 Å². The third-order valence-corrected chi connectivity index (χ3v) is 11.2. The number of aliphatic hydroxyl groups is 2. The summed E-state index contributed by atoms with van der Waals surface area (Å²) >= 11 is 0. The van der Waals surface area contributed by atoms with Gasteiger partial charge >= 0.3 is 11.8 Å². The number of nitrogens with zero attached hydrogens (tertiary/aromatic N) is 1. The normalized spacial score (nSPS) is 29.5. The molecule has 1 amide bonds. The number of rotatable bonds is 11. The highest BCUT2D eigenvalue weighted by Crippen LogP contribution is 2.55. The van der Waals surface area contributed by atoms with Crippen LogP contribution in [0.1, 0.15) is 76.9 Å². The molecule has 5 rings (SSSR count). The number of hydrogen-bond donors (Lipinski definition) is 6. The Balaban J connectivity index is 1.90. The summed E-state index contributed by atoms with van der Waals surface area (Å²) in [5.41, 5.74) is -0.733. The summed E-state index contributed by atoms with van der Waals surface area (Å²) in [4.78, 5) is 45.7. The number of aromatic hydroxyl groups is 3. The number of carbonyl (C=O) groups is 3. The summed E-state index contributed by atoms with van der Waals surface area (Å²) in [6.07, 6.45) is 4.39. The van der Waals surface area contributed by atoms with Gasteiger partial charge in [-0.3, -0.25) is 14.4 Å². The smallest absolute Gasteiger partial charge is 0.312 e. The quantitative estimate of drug-likeness (QED) is 0.0427. The minimum absolute atomic E-state index is 0.0132. The third kappa shape index (κ3) is 10.6. The molecule has 5 bridgehead atoms. The molecule has 3 aliphatic rings. The number of aliphatic hydroxyl groups excluding tert-OH is 2. The van der Waals surface area contributed by atoms with Crippen molar-refractivity contribution in [3.05, 3.63) is 52.8 Å². The van der Waals surface area contributed by atoms with Crippen LogP contribution in [-0.4, -0.2) is 120 Å². The molecule has 9 unspecified atom stereocenters. The van der Waals surface area contributed by atoms with Gasteiger partial charge in [0.25, 0.3) is 11.7 Å². The molecule has 17 heteroatoms. The van der Waals surface area contributed by atoms with Crippen LogP contribution in [0.4, 0.5) is 5.69 Å². The summed E-state index contributed by atoms with van der Waals surface area (Å²) in [5.74, 6) is -8.83. The zero-order valence-corrected chi connectivity index (χ0v) is 36.4. The fourth-order valence-electron chi connectivity index (χ4n) is 7.48. The summed E-state index contributed by atoms with van der Waals surface area (Å²) in [6, 6.07) is 0. The first kappa shape index (κ1) is 48.5. The highest BCUT2D eigenvalue weighted by atomic mass is 16.7. The molecule has 0 aliphatic carbocycles. The maximum atomic E-state index is 14.4. The average Bonchev–Trinajstić information content (AvgIpc) is 3.49. The van der Waals surface area contributed by atoms with E-state index < -0.39 is 88.8 Å². The number of phenols is 3. The van der Waals surface area contributed by atoms with E-state index in [2.05, 4.69) is 10.5 Å². The van der Waals surface area contributed by atoms with Gasteiger partial charge in [0, 0.05) is 67.8 Å². The molecule has 2 aromatic rings. The Morgan fingerprint density at radius 2 is 1.59 bits per heavy atom. The van der Waals surface area contributed by atoms with Gasteiger partial charge in [0.1, 0.15) is 30.0 Å². The number of nitrogens with one attached hydrogen (secondary N) is 1. The Morgan fingerprint density at radius 1 is 0.918 bits per heavy atom. The van der Waals surface area contributed by atoms with Crippen molar-refractivity contribution >= 4 is 40.3 Å². The number of oxime groups is 1. The van der Waals surface area contributed by atoms with E-state index in [1.165, 1.54) is 53.2 Å². The van der Waals surface area contributed by atoms with Crippen LogP contribution in [0.15, 0.2) is 41.3 Å². The number of allylic oxidation sites excluding steroid dienone is 2. The van der Waals surface area contributed by atoms with E-state index >= 15 is 0 Å². The van der Waals surface area contributed by atoms with E-state index in [0.717, 1.165) is 6.21 Å². The molecule has 3 heterocycles. The van der Waals surface area contributed by atoms with Gasteiger partial charge in [-0.1, -0.05) is 51.1 Å². The van der Waals surface area contributed by atoms with Gasteiger partial charge < -0.3 is 64.1 Å². The number of anilines is 1. The van der Waals surface area contributed by atoms with Crippen LogP contribution in [0.5, 0.6) is 23.0 Å². The molecule has 61 heavy (non-hydrogen) atoms. The molecule has 336 valence electrons. The summed E-state index contributed by atoms with van der Waals surface area (Å²) in [7, 11) is 1.42. The van der Waals surface area contributed by atoms with E-state index in [9.17, 15) is 39.9 Å². The maximum absolute atomic E-state index is 14.4. The monoisotopic (exact) mass is 856 g/mol. The Bertz CT molecular complexity index is 2040. The van der Waals surface area contributed by atoms with Crippen molar-refractivity contribution in [3.8, 4) is 23.0 Å². The van der Waals surface area contributed by atoms with E-state index in [-0.39, 0.29) is 57.7 Å². The Hall–Kier alpha value is -5.20. The number of amides is 1. The standard InChI is InChI=1S/C44H60N2O15/c1-11-56-17-18-57-19-20-59-45-21-29-34-39(52)32-31(38(29)51)33-41(27(7)37(32)50)61-44(9,42(33)53)58-16-15-30(55-10)24(4)40(60-28(8)47)26(6)36(49)25(5)35(48)22(2)13-12-14-23(3)43(54)46-34/h12-16,21-22,24-26,30,35-36,40,48-52H,11,17-20H2,1-10H3,(H,46,54)/b13-12+,16-15+,23-14+,45-21+. The molecule has 0 radical (unpaired) electrons. The number of benzene rings is 2. The molecule has 0 saturated carbocycles. The average molecular weight is 857 g/mol. The second-order valence-corrected chi connectivity index (χ2v) is 15.5. The molecule has 9 atom stereocenters. The third-order valence-electron chi connectivity index (χ3n) is 11.2. The Labute approximate surface area is 355 Å². The number of methoxy groups -OCH3 is 1. The van der Waals surface area contributed by atoms with Crippen molar-refractivity contribution in [2.24, 2.45) is 28.8 Å². The van der Waals surface area contributed by atoms with Crippen molar-refractivity contribution in [2.45, 2.75) is 92.5 Å². The number of esters is 1. The van der Waals surface area contributed by atoms with E-state index in [1.807, 2.05) is 6.92 Å². The number of phenolic OH excluding ortho intramolecular Hbond substituents is 3. The molecule has 0 fully saturated rings. The van der Waals surface area contributed by atoms with Crippen LogP contribution in [0.25, 0.3) is 10.8 Å². The number of hydrogen-bond acceptors (Lipinski definition) is 16. The molecule has 3 aliphatic heterocycles. The second-order valence-electron chi connectivity index (χ2n) is 15.5. The summed E-state index contributed by atoms with van der Waals surface area (Å²) in [5, 5.41) is 64.0. The van der Waals surface area contributed by atoms with E-state index in [1.54, 1.807) is 39.8 Å². The van der Waals surface area contributed by atoms with Crippen LogP contribution < -0.4 is 10.1 Å². The van der Waals surface area contributed by atoms with Gasteiger partial charge in [-0.15, -0.1) is 0 Å². The van der Waals surface area contributed by atoms with Crippen molar-refractivity contribution < 1.29 is 73.2 Å². The highest BCUT2D eigenvalue weighted by Gasteiger charge is 2.50. The minimum Gasteiger partial charge on any atom is -0.507 e. The lowest BCUT2D eigenvalue weighted by Crippen LogP contribution is -2.46. The molecule has 6 N–H and O–H groups in total. The number of carbonyl (C=O) groups excluding carboxylic acids is 3. The van der Waals surface area contributed by atoms with Gasteiger partial charge in [-0.2, -0.15) is 0 Å². The van der Waals surface area contributed by atoms with Gasteiger partial charge in [-0.05, 0) is 26.8 Å². The van der Waals surface area contributed by atoms with E-state index in [4.69, 9.17) is 33.3 Å². The molecule has 0 spiro atoms. The summed E-state index contributed by atoms with van der Waals surface area (Å²) in [6.45, 7) is 15.6. The predicted molar refractivity (Wildman–Crippen MR) is 225 cm³/mol. The largest absolute Gasteiger partial charge is 0.507 e. The number of ether oxygens (including phenoxy) is 6. The number of ketones is 1. The summed E-state index contributed by atoms with van der Waals surface area (Å²) < 4.78 is 34.2. The first-order valence-corrected chi connectivity index (χ1v) is 20.2. The lowest BCUT2D eigenvalue weighted by atomic mass is 9.78. The van der Waals surface area contributed by atoms with Crippen LogP contribution in [0.3, 0.4) is 0 Å². The fraction of sp³-hybridized carbons (Fsp3) is 0.545. The zero-order valence-electron chi connectivity index (χ0n) is 36.4. The topological polar surface area (TPSA) is 241 Å². The minimum atomic E-state index is -2.08. The first-order valence-electron chi connectivity index (χ1n) is 20.2. The number of Topliss-reactive ketones (excluding diaryl/α,β-unsaturated/α-hetero) is 1. The fourth-order valence-corrected chi connectivity index (χ4v) is 7.48. The van der Waals surface area contributed by atoms with Crippen molar-refractivity contribution in [3.63, 3.8) is 0 Å². The second kappa shape index (κ2) is 21.1. The van der Waals surface area contributed by atoms with Crippen molar-refractivity contribution in [1.82, 2.24) is 0 Å². The Morgan fingerprint density at radius 3 is 2.25 bits per heavy atom. The lowest BCUT2D eigenvalue weighted by molar-refractivity contribution is -0.160. The SMILES string of the molecule is CCOCCOCCO/N=C/c1c2c(O)c3c(O)c(C)c4c(c3c1O)C(=O)C(C)(O/C=C/C(OC)C(C)C(OC(C)=O)C(C)C(O)C(C)C(O)C(C)/C=C/C=C(\C)C(=O)N2)O4. The van der Waals surface area contributed by atoms with E-state index in [0.29, 0.717) is 19.8 Å². The van der Waals surface area contributed by atoms with Crippen LogP contribution in [-0.2, 0) is 38.1 Å². The predicted octanol–water partition coefficient (Wildman–Crippen LogP) is 5.16. The molecule has 0 saturated heterocycles. The van der Waals surface area contributed by atoms with Gasteiger partial charge in [0.05, 0.1) is 72.8 Å². The molecule has 17 nitrogen and oxygen atoms in total. The van der Waals surface area contributed by atoms with Gasteiger partial charge in [0.15, 0.2) is 5.75 Å². The maximum Gasteiger partial charge on any atom is 0.312 e. The molecule has 0 aromatic heterocycles.